The van der Waals surface area contributed by atoms with Crippen molar-refractivity contribution in [3.05, 3.63) is 57.0 Å². The van der Waals surface area contributed by atoms with Crippen LogP contribution in [-0.2, 0) is 12.8 Å². The Bertz CT molecular complexity index is 900. The van der Waals surface area contributed by atoms with E-state index in [0.29, 0.717) is 0 Å². The largest absolute Gasteiger partial charge is 0.289 e. The lowest BCUT2D eigenvalue weighted by atomic mass is 10.1. The Hall–Kier alpha value is -2.36. The quantitative estimate of drug-likeness (QED) is 0.744. The third-order valence-electron chi connectivity index (χ3n) is 4.38. The Labute approximate surface area is 122 Å². The number of hydrogen-bond acceptors (Lipinski definition) is 2. The van der Waals surface area contributed by atoms with Gasteiger partial charge in [0.2, 0.25) is 0 Å². The SMILES string of the molecule is Cc1ccc(-c2[nH]n3c(=O)c4c(nc3c2C)CCC4)cc1. The van der Waals surface area contributed by atoms with Crippen molar-refractivity contribution >= 4 is 5.65 Å². The standard InChI is InChI=1S/C17H17N3O/c1-10-6-8-12(9-7-10)15-11(2)16-18-14-5-3-4-13(14)17(21)20(16)19-15/h6-9,19H,3-5H2,1-2H3. The minimum Gasteiger partial charge on any atom is -0.289 e. The highest BCUT2D eigenvalue weighted by atomic mass is 16.1. The Morgan fingerprint density at radius 3 is 2.67 bits per heavy atom. The van der Waals surface area contributed by atoms with Crippen molar-refractivity contribution in [1.82, 2.24) is 14.6 Å². The monoisotopic (exact) mass is 279 g/mol. The third-order valence-corrected chi connectivity index (χ3v) is 4.38. The van der Waals surface area contributed by atoms with Crippen LogP contribution in [0.1, 0.15) is 28.8 Å². The fourth-order valence-electron chi connectivity index (χ4n) is 3.15. The van der Waals surface area contributed by atoms with E-state index in [1.807, 2.05) is 6.92 Å². The molecule has 0 aliphatic heterocycles. The molecular formula is C17H17N3O. The van der Waals surface area contributed by atoms with Crippen LogP contribution >= 0.6 is 0 Å². The van der Waals surface area contributed by atoms with Gasteiger partial charge in [0.05, 0.1) is 11.4 Å². The number of rotatable bonds is 1. The summed E-state index contributed by atoms with van der Waals surface area (Å²) in [4.78, 5) is 17.3. The van der Waals surface area contributed by atoms with Gasteiger partial charge in [0.25, 0.3) is 5.56 Å². The van der Waals surface area contributed by atoms with Gasteiger partial charge in [-0.2, -0.15) is 0 Å². The minimum absolute atomic E-state index is 0.0639. The Morgan fingerprint density at radius 1 is 1.14 bits per heavy atom. The van der Waals surface area contributed by atoms with Gasteiger partial charge in [-0.1, -0.05) is 29.8 Å². The lowest BCUT2D eigenvalue weighted by Gasteiger charge is -1.99. The Morgan fingerprint density at radius 2 is 1.90 bits per heavy atom. The predicted octanol–water partition coefficient (Wildman–Crippen LogP) is 2.80. The Kier molecular flexibility index (Phi) is 2.55. The van der Waals surface area contributed by atoms with Crippen molar-refractivity contribution in [2.75, 3.05) is 0 Å². The maximum atomic E-state index is 12.6. The predicted molar refractivity (Wildman–Crippen MR) is 82.7 cm³/mol. The highest BCUT2D eigenvalue weighted by molar-refractivity contribution is 5.70. The molecule has 1 N–H and O–H groups in total. The zero-order chi connectivity index (χ0) is 14.6. The second kappa shape index (κ2) is 4.32. The average molecular weight is 279 g/mol. The van der Waals surface area contributed by atoms with Crippen molar-refractivity contribution in [2.24, 2.45) is 0 Å². The van der Waals surface area contributed by atoms with E-state index < -0.39 is 0 Å². The van der Waals surface area contributed by atoms with Gasteiger partial charge in [0.15, 0.2) is 5.65 Å². The van der Waals surface area contributed by atoms with Crippen molar-refractivity contribution in [3.8, 4) is 11.3 Å². The van der Waals surface area contributed by atoms with Crippen LogP contribution in [0.15, 0.2) is 29.1 Å². The molecule has 21 heavy (non-hydrogen) atoms. The molecule has 0 unspecified atom stereocenters. The zero-order valence-corrected chi connectivity index (χ0v) is 12.2. The van der Waals surface area contributed by atoms with Crippen LogP contribution in [0, 0.1) is 13.8 Å². The van der Waals surface area contributed by atoms with E-state index in [-0.39, 0.29) is 5.56 Å². The first-order valence-electron chi connectivity index (χ1n) is 7.35. The van der Waals surface area contributed by atoms with E-state index in [9.17, 15) is 4.79 Å². The van der Waals surface area contributed by atoms with Crippen LogP contribution in [-0.4, -0.2) is 14.6 Å². The molecule has 0 saturated heterocycles. The first kappa shape index (κ1) is 12.4. The van der Waals surface area contributed by atoms with Crippen molar-refractivity contribution in [3.63, 3.8) is 0 Å². The van der Waals surface area contributed by atoms with Crippen LogP contribution in [0.25, 0.3) is 16.9 Å². The van der Waals surface area contributed by atoms with E-state index in [0.717, 1.165) is 53.0 Å². The summed E-state index contributed by atoms with van der Waals surface area (Å²) in [7, 11) is 0. The first-order valence-corrected chi connectivity index (χ1v) is 7.35. The molecule has 0 spiro atoms. The van der Waals surface area contributed by atoms with E-state index in [4.69, 9.17) is 4.98 Å². The number of hydrogen-bond donors (Lipinski definition) is 1. The van der Waals surface area contributed by atoms with Crippen LogP contribution < -0.4 is 5.56 Å². The van der Waals surface area contributed by atoms with E-state index in [1.54, 1.807) is 4.52 Å². The van der Waals surface area contributed by atoms with Gasteiger partial charge in [0, 0.05) is 11.1 Å². The number of nitrogens with zero attached hydrogens (tertiary/aromatic N) is 2. The van der Waals surface area contributed by atoms with Gasteiger partial charge in [-0.25, -0.2) is 9.50 Å². The number of nitrogens with one attached hydrogen (secondary N) is 1. The maximum Gasteiger partial charge on any atom is 0.276 e. The summed E-state index contributed by atoms with van der Waals surface area (Å²) in [5, 5.41) is 3.24. The van der Waals surface area contributed by atoms with Crippen molar-refractivity contribution in [1.29, 1.82) is 0 Å². The Balaban J connectivity index is 2.00. The maximum absolute atomic E-state index is 12.6. The number of benzene rings is 1. The molecule has 3 aromatic rings. The molecular weight excluding hydrogens is 262 g/mol. The number of aromatic amines is 1. The van der Waals surface area contributed by atoms with Gasteiger partial charge in [-0.05, 0) is 38.7 Å². The number of aryl methyl sites for hydroxylation is 3. The molecule has 4 heteroatoms. The van der Waals surface area contributed by atoms with Gasteiger partial charge in [-0.15, -0.1) is 0 Å². The number of aromatic nitrogens is 3. The smallest absolute Gasteiger partial charge is 0.276 e. The molecule has 0 radical (unpaired) electrons. The van der Waals surface area contributed by atoms with E-state index in [1.165, 1.54) is 5.56 Å². The number of H-pyrrole nitrogens is 1. The van der Waals surface area contributed by atoms with Crippen LogP contribution in [0.3, 0.4) is 0 Å². The van der Waals surface area contributed by atoms with Gasteiger partial charge in [-0.3, -0.25) is 9.89 Å². The van der Waals surface area contributed by atoms with Gasteiger partial charge in [0.1, 0.15) is 0 Å². The molecule has 0 fully saturated rings. The summed E-state index contributed by atoms with van der Waals surface area (Å²) in [6, 6.07) is 8.31. The molecule has 0 bridgehead atoms. The molecule has 1 aromatic carbocycles. The summed E-state index contributed by atoms with van der Waals surface area (Å²) >= 11 is 0. The van der Waals surface area contributed by atoms with Gasteiger partial charge >= 0.3 is 0 Å². The summed E-state index contributed by atoms with van der Waals surface area (Å²) in [6.45, 7) is 4.09. The molecule has 2 aromatic heterocycles. The second-order valence-corrected chi connectivity index (χ2v) is 5.83. The zero-order valence-electron chi connectivity index (χ0n) is 12.2. The molecule has 0 atom stereocenters. The van der Waals surface area contributed by atoms with Crippen LogP contribution in [0.4, 0.5) is 0 Å². The number of fused-ring (bicyclic) bond motifs is 2. The average Bonchev–Trinajstić information content (AvgIpc) is 3.07. The van der Waals surface area contributed by atoms with E-state index in [2.05, 4.69) is 36.3 Å². The molecule has 0 saturated carbocycles. The van der Waals surface area contributed by atoms with Crippen LogP contribution in [0.5, 0.6) is 0 Å². The third kappa shape index (κ3) is 1.75. The molecule has 1 aliphatic rings. The molecule has 4 rings (SSSR count). The van der Waals surface area contributed by atoms with Crippen molar-refractivity contribution in [2.45, 2.75) is 33.1 Å². The molecule has 0 amide bonds. The fourth-order valence-corrected chi connectivity index (χ4v) is 3.15. The molecule has 1 aliphatic carbocycles. The summed E-state index contributed by atoms with van der Waals surface area (Å²) in [6.07, 6.45) is 2.81. The first-order chi connectivity index (χ1) is 10.1. The minimum atomic E-state index is 0.0639. The summed E-state index contributed by atoms with van der Waals surface area (Å²) in [5.41, 5.74) is 7.01. The highest BCUT2D eigenvalue weighted by Crippen LogP contribution is 2.26. The van der Waals surface area contributed by atoms with Crippen molar-refractivity contribution < 1.29 is 0 Å². The normalized spacial score (nSPS) is 13.8. The highest BCUT2D eigenvalue weighted by Gasteiger charge is 2.21. The second-order valence-electron chi connectivity index (χ2n) is 5.83. The molecule has 2 heterocycles. The summed E-state index contributed by atoms with van der Waals surface area (Å²) < 4.78 is 1.61. The molecule has 106 valence electrons. The lowest BCUT2D eigenvalue weighted by Crippen LogP contribution is -2.20. The lowest BCUT2D eigenvalue weighted by molar-refractivity contribution is 0.872. The topological polar surface area (TPSA) is 50.2 Å². The van der Waals surface area contributed by atoms with Crippen LogP contribution in [0.2, 0.25) is 0 Å². The van der Waals surface area contributed by atoms with E-state index >= 15 is 0 Å². The fraction of sp³-hybridized carbons (Fsp3) is 0.294. The van der Waals surface area contributed by atoms with Gasteiger partial charge < -0.3 is 0 Å². The molecule has 4 nitrogen and oxygen atoms in total. The summed E-state index contributed by atoms with van der Waals surface area (Å²) in [5.74, 6) is 0.